The zero-order valence-corrected chi connectivity index (χ0v) is 16.9. The van der Waals surface area contributed by atoms with Gasteiger partial charge in [0.15, 0.2) is 0 Å². The number of aryl methyl sites for hydroxylation is 2. The second-order valence-corrected chi connectivity index (χ2v) is 7.49. The van der Waals surface area contributed by atoms with Crippen LogP contribution in [0.15, 0.2) is 44.3 Å². The number of methoxy groups -OCH3 is 1. The highest BCUT2D eigenvalue weighted by molar-refractivity contribution is 9.10. The Morgan fingerprint density at radius 3 is 2.79 bits per heavy atom. The maximum atomic E-state index is 12.3. The van der Waals surface area contributed by atoms with Crippen LogP contribution in [0.3, 0.4) is 0 Å². The van der Waals surface area contributed by atoms with E-state index in [0.717, 1.165) is 42.4 Å². The Morgan fingerprint density at radius 1 is 1.29 bits per heavy atom. The normalized spacial score (nSPS) is 13.6. The van der Waals surface area contributed by atoms with E-state index >= 15 is 0 Å². The monoisotopic (exact) mass is 442 g/mol. The summed E-state index contributed by atoms with van der Waals surface area (Å²) in [4.78, 5) is 12.3. The Balaban J connectivity index is 1.64. The number of benzene rings is 2. The van der Waals surface area contributed by atoms with Crippen LogP contribution in [0.2, 0.25) is 0 Å². The standard InChI is InChI=1S/C21H19BrN2O4/c1-27-13-8-6-12(7-9-13)21(26)24-23-11-15-19-14-4-2-3-5-17(14)28-18(19)10-16(22)20(15)25/h6-11,25H,2-5H2,1H3,(H,24,26)/b23-11+. The molecule has 1 aliphatic rings. The summed E-state index contributed by atoms with van der Waals surface area (Å²) < 4.78 is 11.6. The first-order chi connectivity index (χ1) is 13.6. The van der Waals surface area contributed by atoms with Crippen LogP contribution in [0.5, 0.6) is 11.5 Å². The topological polar surface area (TPSA) is 84.1 Å². The Morgan fingerprint density at radius 2 is 2.04 bits per heavy atom. The minimum Gasteiger partial charge on any atom is -0.506 e. The maximum Gasteiger partial charge on any atom is 0.271 e. The van der Waals surface area contributed by atoms with Gasteiger partial charge in [0.1, 0.15) is 22.8 Å². The average molecular weight is 443 g/mol. The van der Waals surface area contributed by atoms with Crippen molar-refractivity contribution in [2.75, 3.05) is 7.11 Å². The van der Waals surface area contributed by atoms with Crippen molar-refractivity contribution in [1.82, 2.24) is 5.43 Å². The molecule has 0 spiro atoms. The molecule has 1 heterocycles. The van der Waals surface area contributed by atoms with Crippen LogP contribution in [0.1, 0.15) is 40.1 Å². The summed E-state index contributed by atoms with van der Waals surface area (Å²) >= 11 is 3.36. The van der Waals surface area contributed by atoms with E-state index in [4.69, 9.17) is 9.15 Å². The maximum absolute atomic E-state index is 12.3. The molecular formula is C21H19BrN2O4. The zero-order valence-electron chi connectivity index (χ0n) is 15.3. The number of hydrazone groups is 1. The van der Waals surface area contributed by atoms with Crippen LogP contribution in [0.4, 0.5) is 0 Å². The van der Waals surface area contributed by atoms with Gasteiger partial charge in [-0.25, -0.2) is 5.43 Å². The molecule has 4 rings (SSSR count). The van der Waals surface area contributed by atoms with Crippen molar-refractivity contribution >= 4 is 39.0 Å². The molecule has 1 aromatic heterocycles. The molecule has 28 heavy (non-hydrogen) atoms. The van der Waals surface area contributed by atoms with Gasteiger partial charge in [-0.15, -0.1) is 0 Å². The Hall–Kier alpha value is -2.80. The lowest BCUT2D eigenvalue weighted by molar-refractivity contribution is 0.0955. The van der Waals surface area contributed by atoms with Gasteiger partial charge < -0.3 is 14.3 Å². The summed E-state index contributed by atoms with van der Waals surface area (Å²) in [5.41, 5.74) is 5.32. The van der Waals surface area contributed by atoms with Gasteiger partial charge >= 0.3 is 0 Å². The van der Waals surface area contributed by atoms with Crippen molar-refractivity contribution in [3.8, 4) is 11.5 Å². The second-order valence-electron chi connectivity index (χ2n) is 6.63. The number of aromatic hydroxyl groups is 1. The Bertz CT molecular complexity index is 1070. The van der Waals surface area contributed by atoms with E-state index in [-0.39, 0.29) is 11.7 Å². The molecule has 144 valence electrons. The number of nitrogens with zero attached hydrogens (tertiary/aromatic N) is 1. The van der Waals surface area contributed by atoms with Crippen LogP contribution >= 0.6 is 15.9 Å². The number of hydrogen-bond acceptors (Lipinski definition) is 5. The third-order valence-electron chi connectivity index (χ3n) is 4.92. The number of carbonyl (C=O) groups is 1. The molecule has 0 unspecified atom stereocenters. The van der Waals surface area contributed by atoms with Crippen LogP contribution in [-0.4, -0.2) is 24.3 Å². The molecule has 1 amide bonds. The number of nitrogens with one attached hydrogen (secondary N) is 1. The molecule has 7 heteroatoms. The van der Waals surface area contributed by atoms with Gasteiger partial charge in [0, 0.05) is 28.5 Å². The third kappa shape index (κ3) is 3.38. The number of phenols is 1. The number of fused-ring (bicyclic) bond motifs is 3. The highest BCUT2D eigenvalue weighted by atomic mass is 79.9. The lowest BCUT2D eigenvalue weighted by atomic mass is 9.94. The summed E-state index contributed by atoms with van der Waals surface area (Å²) in [6, 6.07) is 8.51. The lowest BCUT2D eigenvalue weighted by Crippen LogP contribution is -2.17. The predicted molar refractivity (Wildman–Crippen MR) is 110 cm³/mol. The third-order valence-corrected chi connectivity index (χ3v) is 5.52. The number of hydrogen-bond donors (Lipinski definition) is 2. The first-order valence-corrected chi connectivity index (χ1v) is 9.81. The minimum atomic E-state index is -0.348. The molecule has 0 fully saturated rings. The summed E-state index contributed by atoms with van der Waals surface area (Å²) in [5.74, 6) is 1.37. The van der Waals surface area contributed by atoms with Crippen molar-refractivity contribution < 1.29 is 19.1 Å². The van der Waals surface area contributed by atoms with Crippen molar-refractivity contribution in [3.05, 3.63) is 57.3 Å². The molecule has 0 atom stereocenters. The molecule has 2 aromatic carbocycles. The number of amides is 1. The minimum absolute atomic E-state index is 0.0733. The van der Waals surface area contributed by atoms with E-state index in [1.54, 1.807) is 37.4 Å². The summed E-state index contributed by atoms with van der Waals surface area (Å²) in [6.07, 6.45) is 5.45. The summed E-state index contributed by atoms with van der Waals surface area (Å²) in [6.45, 7) is 0. The number of phenolic OH excluding ortho intramolecular Hbond substituents is 1. The molecule has 3 aromatic rings. The van der Waals surface area contributed by atoms with Crippen LogP contribution < -0.4 is 10.2 Å². The highest BCUT2D eigenvalue weighted by Gasteiger charge is 2.22. The van der Waals surface area contributed by atoms with E-state index in [2.05, 4.69) is 26.5 Å². The molecule has 0 saturated carbocycles. The van der Waals surface area contributed by atoms with E-state index in [1.165, 1.54) is 6.21 Å². The van der Waals surface area contributed by atoms with E-state index in [1.807, 2.05) is 0 Å². The summed E-state index contributed by atoms with van der Waals surface area (Å²) in [7, 11) is 1.57. The number of ether oxygens (including phenoxy) is 1. The fraction of sp³-hybridized carbons (Fsp3) is 0.238. The van der Waals surface area contributed by atoms with Gasteiger partial charge in [-0.05, 0) is 65.5 Å². The molecular weight excluding hydrogens is 424 g/mol. The Labute approximate surface area is 170 Å². The van der Waals surface area contributed by atoms with Crippen molar-refractivity contribution in [3.63, 3.8) is 0 Å². The fourth-order valence-electron chi connectivity index (χ4n) is 3.50. The Kier molecular flexibility index (Phi) is 5.09. The number of carbonyl (C=O) groups excluding carboxylic acids is 1. The molecule has 6 nitrogen and oxygen atoms in total. The van der Waals surface area contributed by atoms with Gasteiger partial charge in [0.25, 0.3) is 5.91 Å². The first-order valence-electron chi connectivity index (χ1n) is 9.01. The van der Waals surface area contributed by atoms with E-state index < -0.39 is 0 Å². The molecule has 0 radical (unpaired) electrons. The number of rotatable bonds is 4. The highest BCUT2D eigenvalue weighted by Crippen LogP contribution is 2.40. The smallest absolute Gasteiger partial charge is 0.271 e. The zero-order chi connectivity index (χ0) is 19.7. The van der Waals surface area contributed by atoms with Gasteiger partial charge in [0.05, 0.1) is 17.8 Å². The van der Waals surface area contributed by atoms with Crippen LogP contribution in [0.25, 0.3) is 11.0 Å². The summed E-state index contributed by atoms with van der Waals surface area (Å²) in [5, 5.41) is 15.5. The predicted octanol–water partition coefficient (Wildman–Crippen LogP) is 4.55. The van der Waals surface area contributed by atoms with Crippen molar-refractivity contribution in [2.45, 2.75) is 25.7 Å². The molecule has 0 aliphatic heterocycles. The second kappa shape index (κ2) is 7.67. The SMILES string of the molecule is COc1ccc(C(=O)N/N=C/c2c(O)c(Br)cc3oc4c(c23)CCCC4)cc1. The molecule has 0 saturated heterocycles. The molecule has 1 aliphatic carbocycles. The lowest BCUT2D eigenvalue weighted by Gasteiger charge is -2.10. The molecule has 0 bridgehead atoms. The van der Waals surface area contributed by atoms with Crippen LogP contribution in [0, 0.1) is 0 Å². The number of halogens is 1. The average Bonchev–Trinajstić information content (AvgIpc) is 3.08. The van der Waals surface area contributed by atoms with Crippen molar-refractivity contribution in [1.29, 1.82) is 0 Å². The molecule has 2 N–H and O–H groups in total. The van der Waals surface area contributed by atoms with Crippen LogP contribution in [-0.2, 0) is 12.8 Å². The number of furan rings is 1. The first kappa shape index (κ1) is 18.6. The van der Waals surface area contributed by atoms with E-state index in [9.17, 15) is 9.90 Å². The van der Waals surface area contributed by atoms with E-state index in [0.29, 0.717) is 26.9 Å². The largest absolute Gasteiger partial charge is 0.506 e. The van der Waals surface area contributed by atoms with Gasteiger partial charge in [-0.1, -0.05) is 0 Å². The fourth-order valence-corrected chi connectivity index (χ4v) is 3.92. The van der Waals surface area contributed by atoms with Gasteiger partial charge in [0.2, 0.25) is 0 Å². The quantitative estimate of drug-likeness (QED) is 0.458. The van der Waals surface area contributed by atoms with Gasteiger partial charge in [-0.3, -0.25) is 4.79 Å². The van der Waals surface area contributed by atoms with Gasteiger partial charge in [-0.2, -0.15) is 5.10 Å². The van der Waals surface area contributed by atoms with Crippen molar-refractivity contribution in [2.24, 2.45) is 5.10 Å².